The first-order chi connectivity index (χ1) is 14.2. The molecule has 166 valence electrons. The van der Waals surface area contributed by atoms with Gasteiger partial charge in [0.05, 0.1) is 22.1 Å². The molecule has 0 aliphatic carbocycles. The van der Waals surface area contributed by atoms with E-state index in [1.807, 2.05) is 0 Å². The van der Waals surface area contributed by atoms with Gasteiger partial charge in [0.2, 0.25) is 22.8 Å². The van der Waals surface area contributed by atoms with Crippen molar-refractivity contribution in [3.63, 3.8) is 0 Å². The van der Waals surface area contributed by atoms with Crippen molar-refractivity contribution in [1.29, 1.82) is 0 Å². The summed E-state index contributed by atoms with van der Waals surface area (Å²) < 4.78 is 27.2. The Labute approximate surface area is 176 Å². The Morgan fingerprint density at radius 1 is 0.710 bits per heavy atom. The van der Waals surface area contributed by atoms with Crippen molar-refractivity contribution in [2.24, 2.45) is 0 Å². The molecule has 0 fully saturated rings. The molecule has 11 nitrogen and oxygen atoms in total. The van der Waals surface area contributed by atoms with Gasteiger partial charge in [0.1, 0.15) is 0 Å². The van der Waals surface area contributed by atoms with E-state index in [1.54, 1.807) is 0 Å². The largest absolute Gasteiger partial charge is 0.748 e. The SMILES string of the molecule is CS(=O)(=O)[O-].O=C([O-])C(O)(C(=O)c1ccccc1)C(O)(C(=O)[O-])C(=O)c1ccccc1. The zero-order valence-electron chi connectivity index (χ0n) is 15.8. The predicted octanol–water partition coefficient (Wildman–Crippen LogP) is -3.12. The number of Topliss-reactive ketones (excluding diaryl/α,β-unsaturated/α-hetero) is 2. The van der Waals surface area contributed by atoms with E-state index in [-0.39, 0.29) is 0 Å². The van der Waals surface area contributed by atoms with E-state index in [0.717, 1.165) is 24.3 Å². The molecule has 2 atom stereocenters. The maximum absolute atomic E-state index is 12.5. The van der Waals surface area contributed by atoms with E-state index in [2.05, 4.69) is 0 Å². The molecule has 0 amide bonds. The zero-order chi connectivity index (χ0) is 24.0. The average molecular weight is 451 g/mol. The molecule has 2 N–H and O–H groups in total. The fourth-order valence-electron chi connectivity index (χ4n) is 2.41. The number of carboxylic acid groups (broad SMARTS) is 2. The van der Waals surface area contributed by atoms with E-state index in [4.69, 9.17) is 13.0 Å². The van der Waals surface area contributed by atoms with Crippen LogP contribution in [0, 0.1) is 0 Å². The van der Waals surface area contributed by atoms with Crippen molar-refractivity contribution >= 4 is 33.6 Å². The summed E-state index contributed by atoms with van der Waals surface area (Å²) in [5, 5.41) is 43.9. The van der Waals surface area contributed by atoms with Crippen LogP contribution in [0.1, 0.15) is 20.7 Å². The second kappa shape index (κ2) is 9.57. The molecule has 2 aromatic carbocycles. The molecule has 2 aromatic rings. The van der Waals surface area contributed by atoms with Gasteiger partial charge in [-0.1, -0.05) is 60.7 Å². The number of carbonyl (C=O) groups is 4. The number of aliphatic carboxylic acids is 2. The Balaban J connectivity index is 0.000000861. The molecular formula is C19H15O11S-3. The average Bonchev–Trinajstić information content (AvgIpc) is 2.71. The van der Waals surface area contributed by atoms with Gasteiger partial charge in [-0.15, -0.1) is 0 Å². The number of rotatable bonds is 7. The molecule has 0 saturated carbocycles. The lowest BCUT2D eigenvalue weighted by Gasteiger charge is -2.42. The maximum Gasteiger partial charge on any atom is 0.209 e. The van der Waals surface area contributed by atoms with Gasteiger partial charge >= 0.3 is 0 Å². The number of hydrogen-bond acceptors (Lipinski definition) is 11. The molecule has 0 aromatic heterocycles. The molecule has 0 aliphatic rings. The monoisotopic (exact) mass is 451 g/mol. The summed E-state index contributed by atoms with van der Waals surface area (Å²) in [6.45, 7) is 0. The summed E-state index contributed by atoms with van der Waals surface area (Å²) >= 11 is 0. The number of hydrogen-bond donors (Lipinski definition) is 2. The van der Waals surface area contributed by atoms with Crippen molar-refractivity contribution in [2.75, 3.05) is 6.26 Å². The lowest BCUT2D eigenvalue weighted by molar-refractivity contribution is -0.346. The van der Waals surface area contributed by atoms with Gasteiger partial charge in [-0.2, -0.15) is 0 Å². The summed E-state index contributed by atoms with van der Waals surface area (Å²) in [4.78, 5) is 48.1. The van der Waals surface area contributed by atoms with Crippen LogP contribution in [-0.2, 0) is 19.7 Å². The summed E-state index contributed by atoms with van der Waals surface area (Å²) in [6.07, 6.45) is 0.604. The van der Waals surface area contributed by atoms with Crippen molar-refractivity contribution in [3.8, 4) is 0 Å². The third-order valence-corrected chi connectivity index (χ3v) is 3.84. The molecule has 0 saturated heterocycles. The van der Waals surface area contributed by atoms with Crippen molar-refractivity contribution in [3.05, 3.63) is 71.8 Å². The molecule has 31 heavy (non-hydrogen) atoms. The minimum Gasteiger partial charge on any atom is -0.748 e. The van der Waals surface area contributed by atoms with Crippen LogP contribution in [0.15, 0.2) is 60.7 Å². The molecule has 0 heterocycles. The number of aliphatic hydroxyl groups is 2. The van der Waals surface area contributed by atoms with E-state index < -0.39 is 56.0 Å². The predicted molar refractivity (Wildman–Crippen MR) is 97.1 cm³/mol. The van der Waals surface area contributed by atoms with Crippen LogP contribution >= 0.6 is 0 Å². The van der Waals surface area contributed by atoms with Gasteiger partial charge in [0, 0.05) is 17.4 Å². The van der Waals surface area contributed by atoms with Gasteiger partial charge < -0.3 is 34.6 Å². The Morgan fingerprint density at radius 2 is 0.935 bits per heavy atom. The van der Waals surface area contributed by atoms with E-state index in [9.17, 15) is 39.6 Å². The van der Waals surface area contributed by atoms with Gasteiger partial charge in [-0.05, 0) is 0 Å². The summed E-state index contributed by atoms with van der Waals surface area (Å²) in [7, 11) is -3.92. The lowest BCUT2D eigenvalue weighted by atomic mass is 9.73. The normalized spacial score (nSPS) is 14.7. The smallest absolute Gasteiger partial charge is 0.209 e. The van der Waals surface area contributed by atoms with E-state index in [1.165, 1.54) is 36.4 Å². The topological polar surface area (TPSA) is 212 Å². The van der Waals surface area contributed by atoms with Gasteiger partial charge in [-0.25, -0.2) is 8.42 Å². The number of carboxylic acids is 2. The number of carbonyl (C=O) groups excluding carboxylic acids is 4. The molecule has 0 spiro atoms. The maximum atomic E-state index is 12.5. The molecule has 0 radical (unpaired) electrons. The van der Waals surface area contributed by atoms with E-state index >= 15 is 0 Å². The standard InChI is InChI=1S/C18H14O8.CH4O3S/c19-13(11-7-3-1-4-8-11)17(25,15(21)22)18(26,16(23)24)14(20)12-9-5-2-6-10-12;1-5(2,3)4/h1-10,25-26H,(H,21,22)(H,23,24);1H3,(H,2,3,4)/p-3. The molecule has 0 bridgehead atoms. The highest BCUT2D eigenvalue weighted by atomic mass is 32.2. The Hall–Kier alpha value is -3.45. The van der Waals surface area contributed by atoms with Crippen LogP contribution in [0.2, 0.25) is 0 Å². The fraction of sp³-hybridized carbons (Fsp3) is 0.158. The quantitative estimate of drug-likeness (QED) is 0.244. The first-order valence-corrected chi connectivity index (χ1v) is 9.97. The van der Waals surface area contributed by atoms with Crippen LogP contribution in [0.25, 0.3) is 0 Å². The van der Waals surface area contributed by atoms with Gasteiger partial charge in [0.25, 0.3) is 0 Å². The Bertz CT molecular complexity index is 999. The highest BCUT2D eigenvalue weighted by Gasteiger charge is 2.62. The van der Waals surface area contributed by atoms with Crippen LogP contribution in [0.4, 0.5) is 0 Å². The number of ketones is 2. The number of benzene rings is 2. The molecular weight excluding hydrogens is 436 g/mol. The minimum absolute atomic E-state index is 0.459. The summed E-state index contributed by atoms with van der Waals surface area (Å²) in [5.74, 6) is -8.81. The van der Waals surface area contributed by atoms with Crippen molar-refractivity contribution in [1.82, 2.24) is 0 Å². The van der Waals surface area contributed by atoms with Crippen LogP contribution < -0.4 is 10.2 Å². The zero-order valence-corrected chi connectivity index (χ0v) is 16.6. The Morgan fingerprint density at radius 3 is 1.13 bits per heavy atom. The Kier molecular flexibility index (Phi) is 7.90. The lowest BCUT2D eigenvalue weighted by Crippen LogP contribution is -2.76. The van der Waals surface area contributed by atoms with Gasteiger partial charge in [0.15, 0.2) is 0 Å². The second-order valence-electron chi connectivity index (χ2n) is 6.09. The van der Waals surface area contributed by atoms with Crippen LogP contribution in [0.3, 0.4) is 0 Å². The van der Waals surface area contributed by atoms with Crippen molar-refractivity contribution < 1.29 is 52.6 Å². The van der Waals surface area contributed by atoms with Crippen LogP contribution in [-0.4, -0.2) is 64.1 Å². The first-order valence-electron chi connectivity index (χ1n) is 8.15. The van der Waals surface area contributed by atoms with Crippen LogP contribution in [0.5, 0.6) is 0 Å². The third kappa shape index (κ3) is 5.58. The highest BCUT2D eigenvalue weighted by molar-refractivity contribution is 7.84. The molecule has 2 unspecified atom stereocenters. The summed E-state index contributed by atoms with van der Waals surface area (Å²) in [5.41, 5.74) is -9.17. The van der Waals surface area contributed by atoms with E-state index in [0.29, 0.717) is 6.26 Å². The van der Waals surface area contributed by atoms with Crippen molar-refractivity contribution in [2.45, 2.75) is 11.2 Å². The summed E-state index contributed by atoms with van der Waals surface area (Å²) in [6, 6.07) is 12.4. The molecule has 0 aliphatic heterocycles. The van der Waals surface area contributed by atoms with Gasteiger partial charge in [-0.3, -0.25) is 9.59 Å². The molecule has 12 heteroatoms. The second-order valence-corrected chi connectivity index (χ2v) is 7.50. The fourth-order valence-corrected chi connectivity index (χ4v) is 2.41. The minimum atomic E-state index is -4.12. The first kappa shape index (κ1) is 25.6. The highest BCUT2D eigenvalue weighted by Crippen LogP contribution is 2.30. The third-order valence-electron chi connectivity index (χ3n) is 3.84. The molecule has 2 rings (SSSR count).